The normalized spacial score (nSPS) is 11.8. The molecule has 0 aliphatic rings. The molecule has 82 valence electrons. The number of hydrogen-bond acceptors (Lipinski definition) is 3. The summed E-state index contributed by atoms with van der Waals surface area (Å²) in [7, 11) is 3.92. The molecule has 0 bridgehead atoms. The third kappa shape index (κ3) is 2.00. The Morgan fingerprint density at radius 2 is 1.94 bits per heavy atom. The maximum Gasteiger partial charge on any atom is 0.165 e. The summed E-state index contributed by atoms with van der Waals surface area (Å²) in [5, 5.41) is 0.978. The molecule has 2 rings (SSSR count). The smallest absolute Gasteiger partial charge is 0.165 e. The van der Waals surface area contributed by atoms with Gasteiger partial charge < -0.3 is 4.90 Å². The molecule has 0 aliphatic carbocycles. The molecule has 0 saturated heterocycles. The van der Waals surface area contributed by atoms with Crippen LogP contribution in [0.5, 0.6) is 0 Å². The van der Waals surface area contributed by atoms with Crippen LogP contribution in [-0.4, -0.2) is 34.8 Å². The molecule has 0 unspecified atom stereocenters. The van der Waals surface area contributed by atoms with Crippen LogP contribution in [0.4, 0.5) is 5.82 Å². The molecule has 1 aromatic heterocycles. The Morgan fingerprint density at radius 3 is 2.69 bits per heavy atom. The van der Waals surface area contributed by atoms with Crippen molar-refractivity contribution in [3.63, 3.8) is 0 Å². The van der Waals surface area contributed by atoms with Crippen molar-refractivity contribution in [1.29, 1.82) is 0 Å². The summed E-state index contributed by atoms with van der Waals surface area (Å²) in [6, 6.07) is 7.87. The lowest BCUT2D eigenvalue weighted by Crippen LogP contribution is -2.17. The molecular formula is C12H14N4. The molecule has 16 heavy (non-hydrogen) atoms. The van der Waals surface area contributed by atoms with Crippen molar-refractivity contribution in [2.45, 2.75) is 6.92 Å². The van der Waals surface area contributed by atoms with Gasteiger partial charge in [0, 0.05) is 19.5 Å². The van der Waals surface area contributed by atoms with E-state index in [1.165, 1.54) is 0 Å². The number of aromatic nitrogens is 2. The predicted octanol–water partition coefficient (Wildman–Crippen LogP) is 2.24. The molecule has 2 aromatic rings. The standard InChI is InChI=1S/C12H14N4/c1-9(16(2)3)15-12-10-6-4-5-7-11(10)13-8-14-12/h4-8H,1-3H3. The molecule has 0 aliphatic heterocycles. The molecule has 0 spiro atoms. The third-order valence-corrected chi connectivity index (χ3v) is 2.44. The van der Waals surface area contributed by atoms with E-state index in [0.29, 0.717) is 0 Å². The number of hydrogen-bond donors (Lipinski definition) is 0. The van der Waals surface area contributed by atoms with Gasteiger partial charge in [0.15, 0.2) is 5.82 Å². The van der Waals surface area contributed by atoms with Gasteiger partial charge in [-0.15, -0.1) is 0 Å². The highest BCUT2D eigenvalue weighted by atomic mass is 15.1. The summed E-state index contributed by atoms with van der Waals surface area (Å²) in [6.45, 7) is 1.96. The maximum absolute atomic E-state index is 4.48. The molecule has 0 N–H and O–H groups in total. The number of rotatable bonds is 1. The second-order valence-electron chi connectivity index (χ2n) is 3.77. The minimum Gasteiger partial charge on any atom is -0.366 e. The van der Waals surface area contributed by atoms with Gasteiger partial charge in [-0.25, -0.2) is 15.0 Å². The second kappa shape index (κ2) is 4.26. The number of benzene rings is 1. The van der Waals surface area contributed by atoms with Crippen molar-refractivity contribution in [3.05, 3.63) is 30.6 Å². The van der Waals surface area contributed by atoms with E-state index in [1.807, 2.05) is 50.2 Å². The Bertz CT molecular complexity index is 526. The minimum absolute atomic E-state index is 0.719. The van der Waals surface area contributed by atoms with Gasteiger partial charge >= 0.3 is 0 Å². The van der Waals surface area contributed by atoms with Crippen molar-refractivity contribution in [2.75, 3.05) is 14.1 Å². The first kappa shape index (κ1) is 10.5. The minimum atomic E-state index is 0.719. The van der Waals surface area contributed by atoms with Gasteiger partial charge in [0.1, 0.15) is 12.2 Å². The summed E-state index contributed by atoms with van der Waals surface area (Å²) in [4.78, 5) is 14.8. The van der Waals surface area contributed by atoms with Crippen LogP contribution in [-0.2, 0) is 0 Å². The molecule has 4 nitrogen and oxygen atoms in total. The van der Waals surface area contributed by atoms with E-state index in [0.717, 1.165) is 22.6 Å². The lowest BCUT2D eigenvalue weighted by atomic mass is 10.2. The Morgan fingerprint density at radius 1 is 1.19 bits per heavy atom. The highest BCUT2D eigenvalue weighted by Gasteiger charge is 2.02. The van der Waals surface area contributed by atoms with Gasteiger partial charge in [-0.2, -0.15) is 0 Å². The van der Waals surface area contributed by atoms with E-state index in [-0.39, 0.29) is 0 Å². The summed E-state index contributed by atoms with van der Waals surface area (Å²) in [5.41, 5.74) is 0.919. The summed E-state index contributed by atoms with van der Waals surface area (Å²) >= 11 is 0. The number of amidine groups is 1. The Kier molecular flexibility index (Phi) is 2.81. The van der Waals surface area contributed by atoms with Gasteiger partial charge in [-0.1, -0.05) is 12.1 Å². The van der Waals surface area contributed by atoms with Gasteiger partial charge in [0.25, 0.3) is 0 Å². The van der Waals surface area contributed by atoms with E-state index in [1.54, 1.807) is 6.33 Å². The zero-order valence-electron chi connectivity index (χ0n) is 9.68. The molecule has 1 aromatic carbocycles. The van der Waals surface area contributed by atoms with Crippen LogP contribution in [0, 0.1) is 0 Å². The van der Waals surface area contributed by atoms with Crippen LogP contribution in [0.25, 0.3) is 10.9 Å². The molecule has 1 heterocycles. The highest BCUT2D eigenvalue weighted by molar-refractivity contribution is 5.91. The maximum atomic E-state index is 4.48. The van der Waals surface area contributed by atoms with Gasteiger partial charge in [-0.3, -0.25) is 0 Å². The van der Waals surface area contributed by atoms with Gasteiger partial charge in [0.05, 0.1) is 5.52 Å². The zero-order valence-corrected chi connectivity index (χ0v) is 9.68. The first-order valence-corrected chi connectivity index (χ1v) is 5.11. The topological polar surface area (TPSA) is 41.4 Å². The quantitative estimate of drug-likeness (QED) is 0.540. The van der Waals surface area contributed by atoms with Crippen molar-refractivity contribution >= 4 is 22.6 Å². The summed E-state index contributed by atoms with van der Waals surface area (Å²) < 4.78 is 0. The van der Waals surface area contributed by atoms with E-state index < -0.39 is 0 Å². The van der Waals surface area contributed by atoms with Crippen molar-refractivity contribution in [2.24, 2.45) is 4.99 Å². The first-order valence-electron chi connectivity index (χ1n) is 5.11. The van der Waals surface area contributed by atoms with E-state index in [4.69, 9.17) is 0 Å². The largest absolute Gasteiger partial charge is 0.366 e. The molecule has 0 atom stereocenters. The zero-order chi connectivity index (χ0) is 11.5. The number of nitrogens with zero attached hydrogens (tertiary/aromatic N) is 4. The average Bonchev–Trinajstić information content (AvgIpc) is 2.29. The van der Waals surface area contributed by atoms with Crippen LogP contribution in [0.3, 0.4) is 0 Å². The van der Waals surface area contributed by atoms with Crippen molar-refractivity contribution < 1.29 is 0 Å². The Hall–Kier alpha value is -1.97. The number of para-hydroxylation sites is 1. The molecule has 0 fully saturated rings. The third-order valence-electron chi connectivity index (χ3n) is 2.44. The fourth-order valence-electron chi connectivity index (χ4n) is 1.33. The van der Waals surface area contributed by atoms with E-state index in [9.17, 15) is 0 Å². The van der Waals surface area contributed by atoms with Gasteiger partial charge in [0.2, 0.25) is 0 Å². The van der Waals surface area contributed by atoms with Crippen LogP contribution < -0.4 is 0 Å². The molecule has 4 heteroatoms. The molecular weight excluding hydrogens is 200 g/mol. The van der Waals surface area contributed by atoms with E-state index in [2.05, 4.69) is 15.0 Å². The molecule has 0 saturated carbocycles. The highest BCUT2D eigenvalue weighted by Crippen LogP contribution is 2.21. The first-order chi connectivity index (χ1) is 7.68. The summed E-state index contributed by atoms with van der Waals surface area (Å²) in [6.07, 6.45) is 1.55. The fourth-order valence-corrected chi connectivity index (χ4v) is 1.33. The van der Waals surface area contributed by atoms with Crippen LogP contribution in [0.15, 0.2) is 35.6 Å². The summed E-state index contributed by atoms with van der Waals surface area (Å²) in [5.74, 6) is 1.64. The van der Waals surface area contributed by atoms with Crippen LogP contribution >= 0.6 is 0 Å². The average molecular weight is 214 g/mol. The van der Waals surface area contributed by atoms with Crippen LogP contribution in [0.2, 0.25) is 0 Å². The Balaban J connectivity index is 2.57. The van der Waals surface area contributed by atoms with E-state index >= 15 is 0 Å². The van der Waals surface area contributed by atoms with Crippen molar-refractivity contribution in [3.8, 4) is 0 Å². The monoisotopic (exact) mass is 214 g/mol. The lowest BCUT2D eigenvalue weighted by Gasteiger charge is -2.10. The molecule has 0 radical (unpaired) electrons. The number of aliphatic imine (C=N–C) groups is 1. The lowest BCUT2D eigenvalue weighted by molar-refractivity contribution is 0.618. The molecule has 0 amide bonds. The Labute approximate surface area is 94.7 Å². The van der Waals surface area contributed by atoms with Crippen LogP contribution in [0.1, 0.15) is 6.92 Å². The van der Waals surface area contributed by atoms with Gasteiger partial charge in [-0.05, 0) is 19.1 Å². The number of fused-ring (bicyclic) bond motifs is 1. The van der Waals surface area contributed by atoms with Crippen molar-refractivity contribution in [1.82, 2.24) is 14.9 Å². The SMILES string of the molecule is CC(=Nc1ncnc2ccccc12)N(C)C. The second-order valence-corrected chi connectivity index (χ2v) is 3.77. The predicted molar refractivity (Wildman–Crippen MR) is 66.0 cm³/mol. The fraction of sp³-hybridized carbons (Fsp3) is 0.250.